The van der Waals surface area contributed by atoms with E-state index in [1.165, 1.54) is 0 Å². The summed E-state index contributed by atoms with van der Waals surface area (Å²) in [6.45, 7) is 2.44. The van der Waals surface area contributed by atoms with Gasteiger partial charge in [0, 0.05) is 21.3 Å². The third-order valence-electron chi connectivity index (χ3n) is 3.19. The van der Waals surface area contributed by atoms with Crippen molar-refractivity contribution in [3.63, 3.8) is 0 Å². The monoisotopic (exact) mass is 333 g/mol. The lowest BCUT2D eigenvalue weighted by atomic mass is 10.2. The Bertz CT molecular complexity index is 784. The van der Waals surface area contributed by atoms with Gasteiger partial charge in [0.1, 0.15) is 0 Å². The lowest BCUT2D eigenvalue weighted by Crippen LogP contribution is -2.01. The molecular weight excluding hydrogens is 321 g/mol. The molecule has 3 rings (SSSR count). The number of benzene rings is 2. The highest BCUT2D eigenvalue weighted by Gasteiger charge is 2.09. The molecule has 0 saturated heterocycles. The third-order valence-corrected chi connectivity index (χ3v) is 3.67. The minimum absolute atomic E-state index is 0.432. The van der Waals surface area contributed by atoms with Crippen molar-refractivity contribution < 1.29 is 4.42 Å². The Hall–Kier alpha value is -2.04. The van der Waals surface area contributed by atoms with Crippen molar-refractivity contribution in [2.45, 2.75) is 13.5 Å². The zero-order chi connectivity index (χ0) is 15.5. The highest BCUT2D eigenvalue weighted by Crippen LogP contribution is 2.22. The maximum absolute atomic E-state index is 5.99. The molecule has 0 bridgehead atoms. The molecule has 22 heavy (non-hydrogen) atoms. The van der Waals surface area contributed by atoms with Crippen LogP contribution in [0, 0.1) is 6.92 Å². The van der Waals surface area contributed by atoms with E-state index in [9.17, 15) is 0 Å². The number of hydrogen-bond donors (Lipinski definition) is 1. The van der Waals surface area contributed by atoms with Crippen molar-refractivity contribution in [1.82, 2.24) is 10.2 Å². The normalized spacial score (nSPS) is 10.7. The zero-order valence-electron chi connectivity index (χ0n) is 11.8. The summed E-state index contributed by atoms with van der Waals surface area (Å²) in [6, 6.07) is 12.9. The molecule has 0 fully saturated rings. The van der Waals surface area contributed by atoms with Gasteiger partial charge >= 0.3 is 0 Å². The van der Waals surface area contributed by atoms with Crippen LogP contribution in [0.3, 0.4) is 0 Å². The Morgan fingerprint density at radius 2 is 1.73 bits per heavy atom. The molecule has 0 aliphatic rings. The second-order valence-electron chi connectivity index (χ2n) is 4.82. The van der Waals surface area contributed by atoms with Gasteiger partial charge in [-0.2, -0.15) is 0 Å². The molecule has 3 aromatic rings. The molecule has 0 saturated carbocycles. The lowest BCUT2D eigenvalue weighted by Gasteiger charge is -2.07. The summed E-state index contributed by atoms with van der Waals surface area (Å²) >= 11 is 11.9. The predicted octanol–water partition coefficient (Wildman–Crippen LogP) is 4.96. The first-order valence-corrected chi connectivity index (χ1v) is 7.46. The van der Waals surface area contributed by atoms with Gasteiger partial charge < -0.3 is 9.73 Å². The SMILES string of the molecule is Cc1ccc(Cl)cc1NCc1nnc(-c2ccc(Cl)cc2)o1. The van der Waals surface area contributed by atoms with Gasteiger partial charge in [-0.3, -0.25) is 0 Å². The molecular formula is C16H13Cl2N3O. The van der Waals surface area contributed by atoms with Crippen LogP contribution in [0.5, 0.6) is 0 Å². The highest BCUT2D eigenvalue weighted by atomic mass is 35.5. The largest absolute Gasteiger partial charge is 0.419 e. The molecule has 0 unspecified atom stereocenters. The Morgan fingerprint density at radius 1 is 1.00 bits per heavy atom. The van der Waals surface area contributed by atoms with Crippen molar-refractivity contribution in [3.8, 4) is 11.5 Å². The molecule has 1 heterocycles. The highest BCUT2D eigenvalue weighted by molar-refractivity contribution is 6.31. The molecule has 0 aliphatic heterocycles. The van der Waals surface area contributed by atoms with Crippen LogP contribution in [0.15, 0.2) is 46.9 Å². The van der Waals surface area contributed by atoms with Gasteiger partial charge in [0.25, 0.3) is 0 Å². The summed E-state index contributed by atoms with van der Waals surface area (Å²) in [5.41, 5.74) is 2.88. The van der Waals surface area contributed by atoms with Gasteiger partial charge in [0.15, 0.2) is 0 Å². The Morgan fingerprint density at radius 3 is 2.50 bits per heavy atom. The van der Waals surface area contributed by atoms with Gasteiger partial charge in [-0.1, -0.05) is 29.3 Å². The van der Waals surface area contributed by atoms with Crippen LogP contribution in [0.2, 0.25) is 10.0 Å². The number of aromatic nitrogens is 2. The molecule has 0 atom stereocenters. The van der Waals surface area contributed by atoms with Crippen LogP contribution >= 0.6 is 23.2 Å². The average molecular weight is 334 g/mol. The summed E-state index contributed by atoms with van der Waals surface area (Å²) < 4.78 is 5.64. The van der Waals surface area contributed by atoms with E-state index in [2.05, 4.69) is 15.5 Å². The predicted molar refractivity (Wildman–Crippen MR) is 88.3 cm³/mol. The second kappa shape index (κ2) is 6.38. The van der Waals surface area contributed by atoms with Crippen LogP contribution in [0.25, 0.3) is 11.5 Å². The van der Waals surface area contributed by atoms with Crippen molar-refractivity contribution in [3.05, 3.63) is 64.0 Å². The summed E-state index contributed by atoms with van der Waals surface area (Å²) in [6.07, 6.45) is 0. The van der Waals surface area contributed by atoms with E-state index in [4.69, 9.17) is 27.6 Å². The summed E-state index contributed by atoms with van der Waals surface area (Å²) in [4.78, 5) is 0. The fourth-order valence-electron chi connectivity index (χ4n) is 1.99. The fourth-order valence-corrected chi connectivity index (χ4v) is 2.29. The standard InChI is InChI=1S/C16H13Cl2N3O/c1-10-2-5-13(18)8-14(10)19-9-15-20-21-16(22-15)11-3-6-12(17)7-4-11/h2-8,19H,9H2,1H3. The first-order chi connectivity index (χ1) is 10.6. The van der Waals surface area contributed by atoms with E-state index < -0.39 is 0 Å². The number of nitrogens with zero attached hydrogens (tertiary/aromatic N) is 2. The number of hydrogen-bond acceptors (Lipinski definition) is 4. The smallest absolute Gasteiger partial charge is 0.247 e. The number of anilines is 1. The molecule has 112 valence electrons. The topological polar surface area (TPSA) is 51.0 Å². The Labute approximate surface area is 138 Å². The molecule has 0 amide bonds. The fraction of sp³-hybridized carbons (Fsp3) is 0.125. The summed E-state index contributed by atoms with van der Waals surface area (Å²) in [5, 5.41) is 12.7. The van der Waals surface area contributed by atoms with Crippen LogP contribution in [0.4, 0.5) is 5.69 Å². The van der Waals surface area contributed by atoms with Crippen molar-refractivity contribution in [2.24, 2.45) is 0 Å². The van der Waals surface area contributed by atoms with Gasteiger partial charge in [-0.25, -0.2) is 0 Å². The molecule has 1 N–H and O–H groups in total. The molecule has 2 aromatic carbocycles. The second-order valence-corrected chi connectivity index (χ2v) is 5.69. The quantitative estimate of drug-likeness (QED) is 0.732. The number of nitrogens with one attached hydrogen (secondary N) is 1. The molecule has 4 nitrogen and oxygen atoms in total. The van der Waals surface area contributed by atoms with Crippen molar-refractivity contribution in [2.75, 3.05) is 5.32 Å². The van der Waals surface area contributed by atoms with Crippen LogP contribution in [0.1, 0.15) is 11.5 Å². The van der Waals surface area contributed by atoms with E-state index in [0.29, 0.717) is 28.4 Å². The van der Waals surface area contributed by atoms with Crippen LogP contribution in [-0.2, 0) is 6.54 Å². The van der Waals surface area contributed by atoms with E-state index in [1.54, 1.807) is 12.1 Å². The van der Waals surface area contributed by atoms with Crippen LogP contribution < -0.4 is 5.32 Å². The van der Waals surface area contributed by atoms with Crippen molar-refractivity contribution >= 4 is 28.9 Å². The van der Waals surface area contributed by atoms with Gasteiger partial charge in [0.2, 0.25) is 11.8 Å². The minimum Gasteiger partial charge on any atom is -0.419 e. The average Bonchev–Trinajstić information content (AvgIpc) is 2.98. The van der Waals surface area contributed by atoms with E-state index in [-0.39, 0.29) is 0 Å². The van der Waals surface area contributed by atoms with E-state index in [1.807, 2.05) is 37.3 Å². The van der Waals surface area contributed by atoms with Gasteiger partial charge in [-0.15, -0.1) is 10.2 Å². The molecule has 1 aromatic heterocycles. The maximum atomic E-state index is 5.99. The molecule has 0 aliphatic carbocycles. The molecule has 6 heteroatoms. The number of aryl methyl sites for hydroxylation is 1. The molecule has 0 spiro atoms. The Balaban J connectivity index is 1.72. The Kier molecular flexibility index (Phi) is 4.32. The summed E-state index contributed by atoms with van der Waals surface area (Å²) in [7, 11) is 0. The van der Waals surface area contributed by atoms with Crippen molar-refractivity contribution in [1.29, 1.82) is 0 Å². The first-order valence-electron chi connectivity index (χ1n) is 6.70. The molecule has 0 radical (unpaired) electrons. The van der Waals surface area contributed by atoms with Gasteiger partial charge in [0.05, 0.1) is 6.54 Å². The summed E-state index contributed by atoms with van der Waals surface area (Å²) in [5.74, 6) is 0.973. The van der Waals surface area contributed by atoms with E-state index in [0.717, 1.165) is 16.8 Å². The lowest BCUT2D eigenvalue weighted by molar-refractivity contribution is 0.515. The first kappa shape index (κ1) is 14.9. The number of rotatable bonds is 4. The van der Waals surface area contributed by atoms with Crippen LogP contribution in [-0.4, -0.2) is 10.2 Å². The maximum Gasteiger partial charge on any atom is 0.247 e. The third kappa shape index (κ3) is 3.40. The van der Waals surface area contributed by atoms with E-state index >= 15 is 0 Å². The number of halogens is 2. The van der Waals surface area contributed by atoms with Gasteiger partial charge in [-0.05, 0) is 48.9 Å². The minimum atomic E-state index is 0.432. The zero-order valence-corrected chi connectivity index (χ0v) is 13.3.